The summed E-state index contributed by atoms with van der Waals surface area (Å²) in [5.41, 5.74) is 5.61. The first kappa shape index (κ1) is 15.8. The summed E-state index contributed by atoms with van der Waals surface area (Å²) in [6.07, 6.45) is 4.21. The quantitative estimate of drug-likeness (QED) is 0.347. The molecular formula is C13H19N5O4. The van der Waals surface area contributed by atoms with Crippen molar-refractivity contribution in [1.82, 2.24) is 4.98 Å². The summed E-state index contributed by atoms with van der Waals surface area (Å²) < 4.78 is 9.97. The summed E-state index contributed by atoms with van der Waals surface area (Å²) in [6.45, 7) is 1.80. The first-order valence-corrected chi connectivity index (χ1v) is 6.84. The molecule has 22 heavy (non-hydrogen) atoms. The van der Waals surface area contributed by atoms with Gasteiger partial charge in [-0.3, -0.25) is 0 Å². The van der Waals surface area contributed by atoms with E-state index in [9.17, 15) is 10.0 Å². The Kier molecular flexibility index (Phi) is 5.37. The molecule has 0 spiro atoms. The van der Waals surface area contributed by atoms with E-state index in [1.807, 2.05) is 11.0 Å². The van der Waals surface area contributed by atoms with Crippen molar-refractivity contribution < 1.29 is 19.0 Å². The van der Waals surface area contributed by atoms with E-state index in [0.29, 0.717) is 17.1 Å². The van der Waals surface area contributed by atoms with Crippen LogP contribution in [0.15, 0.2) is 18.2 Å². The Morgan fingerprint density at radius 2 is 2.36 bits per heavy atom. The van der Waals surface area contributed by atoms with E-state index in [1.165, 1.54) is 13.2 Å². The van der Waals surface area contributed by atoms with E-state index >= 15 is 0 Å². The molecule has 1 aliphatic rings. The predicted molar refractivity (Wildman–Crippen MR) is 80.4 cm³/mol. The van der Waals surface area contributed by atoms with Gasteiger partial charge in [0.1, 0.15) is 6.61 Å². The van der Waals surface area contributed by atoms with Crippen molar-refractivity contribution in [1.29, 1.82) is 0 Å². The normalized spacial score (nSPS) is 14.0. The van der Waals surface area contributed by atoms with Gasteiger partial charge in [0.25, 0.3) is 0 Å². The predicted octanol–water partition coefficient (Wildman–Crippen LogP) is 0.258. The van der Waals surface area contributed by atoms with Crippen LogP contribution in [0, 0.1) is 5.21 Å². The number of nitrogens with one attached hydrogen (secondary N) is 1. The second-order valence-corrected chi connectivity index (χ2v) is 4.61. The number of nitrogens with two attached hydrogens (primary N) is 1. The lowest BCUT2D eigenvalue weighted by atomic mass is 10.2. The van der Waals surface area contributed by atoms with Crippen LogP contribution in [0.25, 0.3) is 0 Å². The third-order valence-corrected chi connectivity index (χ3v) is 3.05. The van der Waals surface area contributed by atoms with Gasteiger partial charge in [-0.2, -0.15) is 0 Å². The molecule has 0 unspecified atom stereocenters. The molecule has 0 saturated carbocycles. The van der Waals surface area contributed by atoms with Crippen LogP contribution in [0.1, 0.15) is 6.42 Å². The standard InChI is InChI=1S/C13H19N5O4/c1-21-7-8-22-13(19)16-11-9-10(15-12(14)18(11)20)17-5-3-2-4-6-17/h2-3,9H,4-8H2,1H3,(H2,14,15)(H,16,19). The Morgan fingerprint density at radius 3 is 3.05 bits per heavy atom. The largest absolute Gasteiger partial charge is 0.754 e. The van der Waals surface area contributed by atoms with E-state index in [1.54, 1.807) is 0 Å². The highest BCUT2D eigenvalue weighted by Crippen LogP contribution is 2.18. The summed E-state index contributed by atoms with van der Waals surface area (Å²) >= 11 is 0. The van der Waals surface area contributed by atoms with Crippen LogP contribution in [0.4, 0.5) is 22.4 Å². The summed E-state index contributed by atoms with van der Waals surface area (Å²) in [5.74, 6) is 0.264. The lowest BCUT2D eigenvalue weighted by molar-refractivity contribution is -0.577. The summed E-state index contributed by atoms with van der Waals surface area (Å²) in [4.78, 5) is 17.6. The molecule has 1 aromatic rings. The van der Waals surface area contributed by atoms with Crippen molar-refractivity contribution in [2.75, 3.05) is 49.4 Å². The maximum atomic E-state index is 11.9. The highest BCUT2D eigenvalue weighted by molar-refractivity contribution is 5.83. The fourth-order valence-electron chi connectivity index (χ4n) is 1.96. The van der Waals surface area contributed by atoms with E-state index in [4.69, 9.17) is 15.2 Å². The Labute approximate surface area is 127 Å². The average molecular weight is 309 g/mol. The van der Waals surface area contributed by atoms with Gasteiger partial charge in [0.2, 0.25) is 5.82 Å². The number of carbonyl (C=O) groups excluding carboxylic acids is 1. The van der Waals surface area contributed by atoms with Crippen LogP contribution >= 0.6 is 0 Å². The molecule has 1 aromatic heterocycles. The number of amides is 1. The topological polar surface area (TPSA) is 117 Å². The molecule has 0 atom stereocenters. The minimum atomic E-state index is -0.753. The molecule has 1 aliphatic heterocycles. The van der Waals surface area contributed by atoms with Crippen molar-refractivity contribution >= 4 is 23.7 Å². The van der Waals surface area contributed by atoms with Crippen molar-refractivity contribution in [3.8, 4) is 0 Å². The van der Waals surface area contributed by atoms with Gasteiger partial charge in [0, 0.05) is 20.2 Å². The molecule has 120 valence electrons. The van der Waals surface area contributed by atoms with Gasteiger partial charge >= 0.3 is 12.0 Å². The van der Waals surface area contributed by atoms with Crippen LogP contribution in [0.5, 0.6) is 0 Å². The Bertz CT molecular complexity index is 564. The summed E-state index contributed by atoms with van der Waals surface area (Å²) in [6, 6.07) is 1.47. The molecule has 2 heterocycles. The van der Waals surface area contributed by atoms with Crippen LogP contribution in [0.3, 0.4) is 0 Å². The van der Waals surface area contributed by atoms with E-state index < -0.39 is 6.09 Å². The van der Waals surface area contributed by atoms with Crippen molar-refractivity contribution in [2.24, 2.45) is 0 Å². The highest BCUT2D eigenvalue weighted by Gasteiger charge is 2.18. The monoisotopic (exact) mass is 309 g/mol. The van der Waals surface area contributed by atoms with Gasteiger partial charge in [0.15, 0.2) is 5.82 Å². The Balaban J connectivity index is 2.11. The zero-order chi connectivity index (χ0) is 15.9. The fraction of sp³-hybridized carbons (Fsp3) is 0.462. The van der Waals surface area contributed by atoms with E-state index in [0.717, 1.165) is 13.0 Å². The number of hydrogen-bond donors (Lipinski definition) is 2. The minimum Gasteiger partial charge on any atom is -0.754 e. The molecule has 2 rings (SSSR count). The second kappa shape index (κ2) is 7.46. The smallest absolute Gasteiger partial charge is 0.458 e. The molecule has 0 saturated heterocycles. The van der Waals surface area contributed by atoms with Crippen LogP contribution < -0.4 is 20.7 Å². The maximum absolute atomic E-state index is 11.9. The summed E-state index contributed by atoms with van der Waals surface area (Å²) in [7, 11) is 1.50. The number of methoxy groups -OCH3 is 1. The number of anilines is 3. The lowest BCUT2D eigenvalue weighted by Crippen LogP contribution is -2.39. The van der Waals surface area contributed by atoms with Gasteiger partial charge in [-0.1, -0.05) is 17.1 Å². The number of rotatable bonds is 5. The zero-order valence-corrected chi connectivity index (χ0v) is 12.3. The van der Waals surface area contributed by atoms with Gasteiger partial charge < -0.3 is 25.3 Å². The fourth-order valence-corrected chi connectivity index (χ4v) is 1.96. The molecule has 1 amide bonds. The van der Waals surface area contributed by atoms with Crippen LogP contribution in [0.2, 0.25) is 0 Å². The number of hydrogen-bond acceptors (Lipinski definition) is 7. The van der Waals surface area contributed by atoms with Gasteiger partial charge in [-0.05, 0) is 6.42 Å². The number of nitrogens with zero attached hydrogens (tertiary/aromatic N) is 3. The lowest BCUT2D eigenvalue weighted by Gasteiger charge is -2.24. The molecule has 9 nitrogen and oxygen atoms in total. The number of ether oxygens (including phenoxy) is 2. The molecule has 0 aliphatic carbocycles. The Hall–Kier alpha value is -2.55. The molecule has 9 heteroatoms. The number of nitrogen functional groups attached to an aromatic ring is 1. The second-order valence-electron chi connectivity index (χ2n) is 4.61. The third-order valence-electron chi connectivity index (χ3n) is 3.05. The SMILES string of the molecule is COCCOC(=O)Nc1cc(N2CC=CCC2)nc(N)[n+]1[O-]. The van der Waals surface area contributed by atoms with Crippen molar-refractivity contribution in [3.05, 3.63) is 23.4 Å². The minimum absolute atomic E-state index is 0.0283. The molecule has 0 fully saturated rings. The zero-order valence-electron chi connectivity index (χ0n) is 12.3. The molecule has 0 radical (unpaired) electrons. The summed E-state index contributed by atoms with van der Waals surface area (Å²) in [5, 5.41) is 14.2. The third kappa shape index (κ3) is 3.98. The van der Waals surface area contributed by atoms with Crippen LogP contribution in [-0.4, -0.2) is 44.5 Å². The van der Waals surface area contributed by atoms with Crippen molar-refractivity contribution in [2.45, 2.75) is 6.42 Å². The Morgan fingerprint density at radius 1 is 1.55 bits per heavy atom. The average Bonchev–Trinajstić information content (AvgIpc) is 2.52. The van der Waals surface area contributed by atoms with Gasteiger partial charge in [0.05, 0.1) is 12.7 Å². The van der Waals surface area contributed by atoms with Crippen molar-refractivity contribution in [3.63, 3.8) is 0 Å². The molecule has 0 bridgehead atoms. The first-order chi connectivity index (χ1) is 10.6. The van der Waals surface area contributed by atoms with E-state index in [2.05, 4.69) is 16.4 Å². The molecule has 3 N–H and O–H groups in total. The van der Waals surface area contributed by atoms with Gasteiger partial charge in [-0.15, -0.1) is 0 Å². The highest BCUT2D eigenvalue weighted by atomic mass is 16.6. The van der Waals surface area contributed by atoms with Gasteiger partial charge in [-0.25, -0.2) is 14.8 Å². The van der Waals surface area contributed by atoms with Crippen LogP contribution in [-0.2, 0) is 9.47 Å². The maximum Gasteiger partial charge on any atom is 0.458 e. The van der Waals surface area contributed by atoms with E-state index in [-0.39, 0.29) is 25.0 Å². The molecular weight excluding hydrogens is 290 g/mol. The number of aromatic nitrogens is 2. The molecule has 0 aromatic carbocycles. The number of carbonyl (C=O) groups is 1. The first-order valence-electron chi connectivity index (χ1n) is 6.84.